The van der Waals surface area contributed by atoms with Crippen molar-refractivity contribution in [1.82, 2.24) is 0 Å². The van der Waals surface area contributed by atoms with Gasteiger partial charge in [0.05, 0.1) is 15.4 Å². The normalized spacial score (nSPS) is 15.2. The van der Waals surface area contributed by atoms with Crippen LogP contribution in [0.15, 0.2) is 22.7 Å². The zero-order valence-electron chi connectivity index (χ0n) is 8.69. The molecule has 0 aliphatic carbocycles. The lowest BCUT2D eigenvalue weighted by molar-refractivity contribution is -0.385. The topological polar surface area (TPSA) is 89.4 Å². The number of benzene rings is 1. The first-order valence-corrected chi connectivity index (χ1v) is 5.38. The van der Waals surface area contributed by atoms with Gasteiger partial charge in [0.1, 0.15) is 0 Å². The van der Waals surface area contributed by atoms with E-state index in [2.05, 4.69) is 15.9 Å². The number of nitrogens with two attached hydrogens (primary N) is 1. The summed E-state index contributed by atoms with van der Waals surface area (Å²) >= 11 is 2.89. The van der Waals surface area contributed by atoms with Crippen molar-refractivity contribution in [3.8, 4) is 0 Å². The summed E-state index contributed by atoms with van der Waals surface area (Å²) in [5, 5.41) is 19.6. The number of aliphatic hydroxyl groups is 1. The molecule has 0 heterocycles. The molecule has 0 spiro atoms. The third-order valence-electron chi connectivity index (χ3n) is 2.23. The first-order chi connectivity index (χ1) is 8.14. The average Bonchev–Trinajstić information content (AvgIpc) is 2.26. The van der Waals surface area contributed by atoms with Crippen LogP contribution in [0.2, 0.25) is 0 Å². The van der Waals surface area contributed by atoms with Crippen LogP contribution in [0.3, 0.4) is 0 Å². The van der Waals surface area contributed by atoms with E-state index in [1.807, 2.05) is 0 Å². The van der Waals surface area contributed by atoms with Crippen LogP contribution in [0.4, 0.5) is 18.9 Å². The maximum absolute atomic E-state index is 12.3. The van der Waals surface area contributed by atoms with Gasteiger partial charge in [0.2, 0.25) is 0 Å². The van der Waals surface area contributed by atoms with E-state index < -0.39 is 28.9 Å². The molecule has 0 fully saturated rings. The van der Waals surface area contributed by atoms with E-state index >= 15 is 0 Å². The SMILES string of the molecule is N[C@@H](c1ccc(Br)c([N+](=O)[O-])c1)[C@H](O)C(F)(F)F. The average molecular weight is 329 g/mol. The Labute approximate surface area is 108 Å². The van der Waals surface area contributed by atoms with Crippen LogP contribution >= 0.6 is 15.9 Å². The quantitative estimate of drug-likeness (QED) is 0.658. The van der Waals surface area contributed by atoms with Crippen molar-refractivity contribution in [2.24, 2.45) is 5.73 Å². The van der Waals surface area contributed by atoms with E-state index in [1.165, 1.54) is 12.1 Å². The summed E-state index contributed by atoms with van der Waals surface area (Å²) in [5.41, 5.74) is 4.65. The molecule has 0 amide bonds. The molecule has 9 heteroatoms. The molecular formula is C9H8BrF3N2O3. The number of hydrogen-bond acceptors (Lipinski definition) is 4. The molecule has 0 aromatic heterocycles. The maximum atomic E-state index is 12.3. The lowest BCUT2D eigenvalue weighted by Crippen LogP contribution is -2.38. The molecule has 0 saturated carbocycles. The minimum atomic E-state index is -4.89. The fourth-order valence-corrected chi connectivity index (χ4v) is 1.65. The predicted octanol–water partition coefficient (Wildman–Crippen LogP) is 2.28. The highest BCUT2D eigenvalue weighted by molar-refractivity contribution is 9.10. The van der Waals surface area contributed by atoms with Crippen molar-refractivity contribution in [3.05, 3.63) is 38.3 Å². The number of alkyl halides is 3. The van der Waals surface area contributed by atoms with Gasteiger partial charge in [-0.1, -0.05) is 6.07 Å². The number of halogens is 4. The first kappa shape index (κ1) is 14.9. The largest absolute Gasteiger partial charge is 0.416 e. The number of rotatable bonds is 3. The van der Waals surface area contributed by atoms with Crippen molar-refractivity contribution in [2.75, 3.05) is 0 Å². The van der Waals surface area contributed by atoms with Crippen molar-refractivity contribution >= 4 is 21.6 Å². The van der Waals surface area contributed by atoms with Gasteiger partial charge in [0.15, 0.2) is 6.10 Å². The molecule has 1 rings (SSSR count). The molecule has 0 aliphatic heterocycles. The van der Waals surface area contributed by atoms with E-state index in [9.17, 15) is 23.3 Å². The summed E-state index contributed by atoms with van der Waals surface area (Å²) in [6.45, 7) is 0. The standard InChI is InChI=1S/C9H8BrF3N2O3/c10-5-2-1-4(3-6(5)15(17)18)7(14)8(16)9(11,12)13/h1-3,7-8,16H,14H2/t7-,8-/m0/s1. The Morgan fingerprint density at radius 1 is 1.44 bits per heavy atom. The molecule has 0 saturated heterocycles. The molecule has 0 radical (unpaired) electrons. The van der Waals surface area contributed by atoms with Gasteiger partial charge in [-0.05, 0) is 27.6 Å². The van der Waals surface area contributed by atoms with Gasteiger partial charge in [-0.15, -0.1) is 0 Å². The summed E-state index contributed by atoms with van der Waals surface area (Å²) in [6, 6.07) is 1.49. The van der Waals surface area contributed by atoms with E-state index in [-0.39, 0.29) is 10.0 Å². The number of nitrogens with zero attached hydrogens (tertiary/aromatic N) is 1. The zero-order chi connectivity index (χ0) is 14.1. The molecule has 0 aliphatic rings. The molecule has 100 valence electrons. The van der Waals surface area contributed by atoms with E-state index in [0.717, 1.165) is 6.07 Å². The molecular weight excluding hydrogens is 321 g/mol. The predicted molar refractivity (Wildman–Crippen MR) is 59.8 cm³/mol. The second-order valence-corrected chi connectivity index (χ2v) is 4.33. The van der Waals surface area contributed by atoms with Gasteiger partial charge < -0.3 is 10.8 Å². The zero-order valence-corrected chi connectivity index (χ0v) is 10.3. The number of nitro benzene ring substituents is 1. The highest BCUT2D eigenvalue weighted by Crippen LogP contribution is 2.32. The Hall–Kier alpha value is -1.19. The highest BCUT2D eigenvalue weighted by atomic mass is 79.9. The van der Waals surface area contributed by atoms with E-state index in [4.69, 9.17) is 10.8 Å². The molecule has 1 aromatic rings. The van der Waals surface area contributed by atoms with Gasteiger partial charge in [0.25, 0.3) is 5.69 Å². The van der Waals surface area contributed by atoms with Crippen LogP contribution in [-0.4, -0.2) is 22.3 Å². The minimum absolute atomic E-state index is 0.116. The van der Waals surface area contributed by atoms with Crippen molar-refractivity contribution in [2.45, 2.75) is 18.3 Å². The lowest BCUT2D eigenvalue weighted by Gasteiger charge is -2.21. The Balaban J connectivity index is 3.11. The van der Waals surface area contributed by atoms with Crippen LogP contribution in [0.25, 0.3) is 0 Å². The van der Waals surface area contributed by atoms with Gasteiger partial charge >= 0.3 is 6.18 Å². The van der Waals surface area contributed by atoms with Gasteiger partial charge in [-0.2, -0.15) is 13.2 Å². The fourth-order valence-electron chi connectivity index (χ4n) is 1.26. The van der Waals surface area contributed by atoms with Crippen molar-refractivity contribution < 1.29 is 23.2 Å². The summed E-state index contributed by atoms with van der Waals surface area (Å²) in [4.78, 5) is 9.85. The summed E-state index contributed by atoms with van der Waals surface area (Å²) in [7, 11) is 0. The third-order valence-corrected chi connectivity index (χ3v) is 2.90. The fraction of sp³-hybridized carbons (Fsp3) is 0.333. The highest BCUT2D eigenvalue weighted by Gasteiger charge is 2.43. The number of nitro groups is 1. The van der Waals surface area contributed by atoms with Crippen molar-refractivity contribution in [1.29, 1.82) is 0 Å². The maximum Gasteiger partial charge on any atom is 0.416 e. The third kappa shape index (κ3) is 3.18. The summed E-state index contributed by atoms with van der Waals surface area (Å²) in [5.74, 6) is 0. The molecule has 2 atom stereocenters. The van der Waals surface area contributed by atoms with E-state index in [0.29, 0.717) is 0 Å². The van der Waals surface area contributed by atoms with Crippen molar-refractivity contribution in [3.63, 3.8) is 0 Å². The van der Waals surface area contributed by atoms with E-state index in [1.54, 1.807) is 0 Å². The molecule has 0 bridgehead atoms. The van der Waals surface area contributed by atoms with Gasteiger partial charge in [0, 0.05) is 6.07 Å². The molecule has 0 unspecified atom stereocenters. The Bertz CT molecular complexity index is 467. The molecule has 18 heavy (non-hydrogen) atoms. The van der Waals surface area contributed by atoms with Crippen LogP contribution in [0, 0.1) is 10.1 Å². The Morgan fingerprint density at radius 3 is 2.44 bits per heavy atom. The lowest BCUT2D eigenvalue weighted by atomic mass is 10.0. The second-order valence-electron chi connectivity index (χ2n) is 3.48. The molecule has 3 N–H and O–H groups in total. The van der Waals surface area contributed by atoms with Crippen LogP contribution in [0.5, 0.6) is 0 Å². The summed E-state index contributed by atoms with van der Waals surface area (Å²) < 4.78 is 36.9. The summed E-state index contributed by atoms with van der Waals surface area (Å²) in [6.07, 6.45) is -7.67. The number of aliphatic hydroxyl groups excluding tert-OH is 1. The van der Waals surface area contributed by atoms with Gasteiger partial charge in [-0.25, -0.2) is 0 Å². The van der Waals surface area contributed by atoms with Crippen LogP contribution < -0.4 is 5.73 Å². The Kier molecular flexibility index (Phi) is 4.30. The number of hydrogen-bond donors (Lipinski definition) is 2. The molecule has 1 aromatic carbocycles. The van der Waals surface area contributed by atoms with Crippen LogP contribution in [-0.2, 0) is 0 Å². The Morgan fingerprint density at radius 2 is 2.00 bits per heavy atom. The van der Waals surface area contributed by atoms with Gasteiger partial charge in [-0.3, -0.25) is 10.1 Å². The second kappa shape index (κ2) is 5.21. The minimum Gasteiger partial charge on any atom is -0.382 e. The smallest absolute Gasteiger partial charge is 0.382 e. The van der Waals surface area contributed by atoms with Crippen LogP contribution in [0.1, 0.15) is 11.6 Å². The molecule has 5 nitrogen and oxygen atoms in total. The first-order valence-electron chi connectivity index (χ1n) is 4.58. The monoisotopic (exact) mass is 328 g/mol.